The van der Waals surface area contributed by atoms with Crippen molar-refractivity contribution in [1.29, 1.82) is 0 Å². The Hall–Kier alpha value is -2.15. The topological polar surface area (TPSA) is 94.8 Å². The zero-order valence-corrected chi connectivity index (χ0v) is 10.6. The van der Waals surface area contributed by atoms with Crippen LogP contribution < -0.4 is 30.8 Å². The second kappa shape index (κ2) is 6.55. The number of nitrogens with one attached hydrogen (secondary N) is 2. The number of amides is 2. The molecular weight excluding hydrogens is 238 g/mol. The zero-order chi connectivity index (χ0) is 13.5. The van der Waals surface area contributed by atoms with Crippen LogP contribution in [-0.2, 0) is 6.54 Å². The summed E-state index contributed by atoms with van der Waals surface area (Å²) in [7, 11) is 4.61. The number of ether oxygens (including phenoxy) is 3. The molecule has 0 aliphatic carbocycles. The van der Waals surface area contributed by atoms with E-state index in [0.717, 1.165) is 5.56 Å². The van der Waals surface area contributed by atoms with Gasteiger partial charge in [0.25, 0.3) is 0 Å². The van der Waals surface area contributed by atoms with E-state index in [4.69, 9.17) is 20.1 Å². The molecule has 18 heavy (non-hydrogen) atoms. The van der Waals surface area contributed by atoms with Crippen LogP contribution in [0.5, 0.6) is 17.2 Å². The molecule has 0 aliphatic rings. The van der Waals surface area contributed by atoms with Crippen LogP contribution in [0.2, 0.25) is 0 Å². The lowest BCUT2D eigenvalue weighted by Gasteiger charge is -2.14. The fraction of sp³-hybridized carbons (Fsp3) is 0.364. The second-order valence-corrected chi connectivity index (χ2v) is 3.35. The SMILES string of the molecule is COc1cc(OC)c(OC)cc1CNC(=O)NN. The van der Waals surface area contributed by atoms with Crippen molar-refractivity contribution in [2.24, 2.45) is 5.84 Å². The number of nitrogens with two attached hydrogens (primary N) is 1. The highest BCUT2D eigenvalue weighted by atomic mass is 16.5. The third-order valence-corrected chi connectivity index (χ3v) is 2.36. The third-order valence-electron chi connectivity index (χ3n) is 2.36. The summed E-state index contributed by atoms with van der Waals surface area (Å²) in [6, 6.07) is 2.94. The summed E-state index contributed by atoms with van der Waals surface area (Å²) < 4.78 is 15.5. The highest BCUT2D eigenvalue weighted by Gasteiger charge is 2.12. The van der Waals surface area contributed by atoms with Crippen molar-refractivity contribution in [2.75, 3.05) is 21.3 Å². The van der Waals surface area contributed by atoms with Gasteiger partial charge in [0, 0.05) is 18.2 Å². The number of carbonyl (C=O) groups excluding carboxylic acids is 1. The van der Waals surface area contributed by atoms with Gasteiger partial charge in [0.05, 0.1) is 21.3 Å². The van der Waals surface area contributed by atoms with Crippen molar-refractivity contribution in [3.05, 3.63) is 17.7 Å². The lowest BCUT2D eigenvalue weighted by Crippen LogP contribution is -2.39. The summed E-state index contributed by atoms with van der Waals surface area (Å²) >= 11 is 0. The van der Waals surface area contributed by atoms with Crippen molar-refractivity contribution in [3.63, 3.8) is 0 Å². The first-order valence-electron chi connectivity index (χ1n) is 5.19. The van der Waals surface area contributed by atoms with Gasteiger partial charge in [-0.15, -0.1) is 0 Å². The summed E-state index contributed by atoms with van der Waals surface area (Å²) in [4.78, 5) is 11.0. The van der Waals surface area contributed by atoms with Crippen LogP contribution in [0.1, 0.15) is 5.56 Å². The molecule has 1 aromatic carbocycles. The highest BCUT2D eigenvalue weighted by Crippen LogP contribution is 2.34. The van der Waals surface area contributed by atoms with Crippen molar-refractivity contribution in [2.45, 2.75) is 6.54 Å². The predicted molar refractivity (Wildman–Crippen MR) is 65.7 cm³/mol. The van der Waals surface area contributed by atoms with Gasteiger partial charge in [-0.1, -0.05) is 0 Å². The minimum absolute atomic E-state index is 0.257. The number of urea groups is 1. The van der Waals surface area contributed by atoms with Crippen molar-refractivity contribution in [1.82, 2.24) is 10.7 Å². The van der Waals surface area contributed by atoms with Gasteiger partial charge in [-0.25, -0.2) is 10.6 Å². The number of methoxy groups -OCH3 is 3. The summed E-state index contributed by atoms with van der Waals surface area (Å²) in [6.07, 6.45) is 0. The predicted octanol–water partition coefficient (Wildman–Crippen LogP) is 0.385. The molecule has 1 rings (SSSR count). The molecule has 2 amide bonds. The number of carbonyl (C=O) groups is 1. The monoisotopic (exact) mass is 255 g/mol. The quantitative estimate of drug-likeness (QED) is 0.402. The molecule has 0 spiro atoms. The Morgan fingerprint density at radius 1 is 1.11 bits per heavy atom. The van der Waals surface area contributed by atoms with Crippen LogP contribution >= 0.6 is 0 Å². The van der Waals surface area contributed by atoms with Crippen molar-refractivity contribution in [3.8, 4) is 17.2 Å². The lowest BCUT2D eigenvalue weighted by molar-refractivity contribution is 0.240. The molecule has 0 radical (unpaired) electrons. The molecule has 0 aromatic heterocycles. The zero-order valence-electron chi connectivity index (χ0n) is 10.6. The van der Waals surface area contributed by atoms with Gasteiger partial charge in [0.2, 0.25) is 0 Å². The van der Waals surface area contributed by atoms with E-state index >= 15 is 0 Å². The van der Waals surface area contributed by atoms with E-state index in [0.29, 0.717) is 17.2 Å². The van der Waals surface area contributed by atoms with Gasteiger partial charge in [-0.2, -0.15) is 0 Å². The number of hydrazine groups is 1. The maximum atomic E-state index is 11.0. The fourth-order valence-corrected chi connectivity index (χ4v) is 1.46. The van der Waals surface area contributed by atoms with Gasteiger partial charge in [0.1, 0.15) is 5.75 Å². The minimum Gasteiger partial charge on any atom is -0.496 e. The summed E-state index contributed by atoms with van der Waals surface area (Å²) in [6.45, 7) is 0.257. The van der Waals surface area contributed by atoms with Gasteiger partial charge in [-0.05, 0) is 6.07 Å². The van der Waals surface area contributed by atoms with Gasteiger partial charge in [-0.3, -0.25) is 5.43 Å². The smallest absolute Gasteiger partial charge is 0.329 e. The van der Waals surface area contributed by atoms with E-state index in [1.807, 2.05) is 5.43 Å². The number of benzene rings is 1. The number of hydrogen-bond donors (Lipinski definition) is 3. The first-order valence-corrected chi connectivity index (χ1v) is 5.19. The molecule has 0 bridgehead atoms. The van der Waals surface area contributed by atoms with E-state index in [1.54, 1.807) is 12.1 Å². The Kier molecular flexibility index (Phi) is 5.06. The van der Waals surface area contributed by atoms with E-state index in [-0.39, 0.29) is 6.54 Å². The molecule has 0 saturated heterocycles. The average Bonchev–Trinajstić information content (AvgIpc) is 2.43. The van der Waals surface area contributed by atoms with Crippen LogP contribution in [0.3, 0.4) is 0 Å². The first-order chi connectivity index (χ1) is 8.65. The van der Waals surface area contributed by atoms with E-state index in [1.165, 1.54) is 21.3 Å². The number of hydrogen-bond acceptors (Lipinski definition) is 5. The molecule has 0 fully saturated rings. The van der Waals surface area contributed by atoms with E-state index in [2.05, 4.69) is 5.32 Å². The molecule has 7 heteroatoms. The molecule has 0 heterocycles. The summed E-state index contributed by atoms with van der Waals surface area (Å²) in [5, 5.41) is 2.56. The molecule has 0 aliphatic heterocycles. The largest absolute Gasteiger partial charge is 0.496 e. The molecular formula is C11H17N3O4. The van der Waals surface area contributed by atoms with Crippen LogP contribution in [0.15, 0.2) is 12.1 Å². The van der Waals surface area contributed by atoms with Crippen LogP contribution in [-0.4, -0.2) is 27.4 Å². The molecule has 0 unspecified atom stereocenters. The Labute approximate surface area is 105 Å². The molecule has 1 aromatic rings. The molecule has 0 atom stereocenters. The molecule has 0 saturated carbocycles. The van der Waals surface area contributed by atoms with Crippen LogP contribution in [0, 0.1) is 0 Å². The maximum Gasteiger partial charge on any atom is 0.329 e. The van der Waals surface area contributed by atoms with Gasteiger partial charge in [0.15, 0.2) is 11.5 Å². The Morgan fingerprint density at radius 2 is 1.67 bits per heavy atom. The minimum atomic E-state index is -0.480. The first kappa shape index (κ1) is 13.9. The molecule has 7 nitrogen and oxygen atoms in total. The van der Waals surface area contributed by atoms with Crippen molar-refractivity contribution >= 4 is 6.03 Å². The Morgan fingerprint density at radius 3 is 2.17 bits per heavy atom. The van der Waals surface area contributed by atoms with Gasteiger partial charge < -0.3 is 19.5 Å². The van der Waals surface area contributed by atoms with E-state index < -0.39 is 6.03 Å². The van der Waals surface area contributed by atoms with E-state index in [9.17, 15) is 4.79 Å². The van der Waals surface area contributed by atoms with Crippen molar-refractivity contribution < 1.29 is 19.0 Å². The molecule has 100 valence electrons. The van der Waals surface area contributed by atoms with Crippen LogP contribution in [0.25, 0.3) is 0 Å². The summed E-state index contributed by atoms with van der Waals surface area (Å²) in [5.41, 5.74) is 2.73. The highest BCUT2D eigenvalue weighted by molar-refractivity contribution is 5.73. The Bertz CT molecular complexity index is 423. The third kappa shape index (κ3) is 3.17. The summed E-state index contributed by atoms with van der Waals surface area (Å²) in [5.74, 6) is 6.67. The normalized spacial score (nSPS) is 9.56. The second-order valence-electron chi connectivity index (χ2n) is 3.35. The Balaban J connectivity index is 2.98. The standard InChI is InChI=1S/C11H17N3O4/c1-16-8-5-10(18-3)9(17-2)4-7(8)6-13-11(15)14-12/h4-5H,6,12H2,1-3H3,(H2,13,14,15). The fourth-order valence-electron chi connectivity index (χ4n) is 1.46. The van der Waals surface area contributed by atoms with Gasteiger partial charge >= 0.3 is 6.03 Å². The lowest BCUT2D eigenvalue weighted by atomic mass is 10.1. The number of rotatable bonds is 5. The average molecular weight is 255 g/mol. The maximum absolute atomic E-state index is 11.0. The molecule has 4 N–H and O–H groups in total. The van der Waals surface area contributed by atoms with Crippen LogP contribution in [0.4, 0.5) is 4.79 Å².